The highest BCUT2D eigenvalue weighted by atomic mass is 35.5. The molecule has 1 aliphatic rings. The fraction of sp³-hybridized carbons (Fsp3) is 0.312. The Morgan fingerprint density at radius 1 is 1.45 bits per heavy atom. The van der Waals surface area contributed by atoms with Crippen molar-refractivity contribution in [2.45, 2.75) is 30.4 Å². The molecule has 116 valence electrons. The summed E-state index contributed by atoms with van der Waals surface area (Å²) in [6.07, 6.45) is 0.515. The van der Waals surface area contributed by atoms with E-state index in [0.29, 0.717) is 17.4 Å². The Bertz CT molecular complexity index is 743. The Morgan fingerprint density at radius 3 is 3.00 bits per heavy atom. The third kappa shape index (κ3) is 2.73. The van der Waals surface area contributed by atoms with Gasteiger partial charge in [-0.2, -0.15) is 0 Å². The Kier molecular flexibility index (Phi) is 3.91. The highest BCUT2D eigenvalue weighted by Gasteiger charge is 2.33. The van der Waals surface area contributed by atoms with Crippen molar-refractivity contribution in [2.75, 3.05) is 0 Å². The molecule has 0 spiro atoms. The molecule has 3 atom stereocenters. The van der Waals surface area contributed by atoms with Crippen molar-refractivity contribution >= 4 is 28.5 Å². The number of rotatable bonds is 2. The Balaban J connectivity index is 1.80. The predicted octanol–water partition coefficient (Wildman–Crippen LogP) is 3.97. The summed E-state index contributed by atoms with van der Waals surface area (Å²) < 4.78 is 32.0. The monoisotopic (exact) mass is 325 g/mol. The van der Waals surface area contributed by atoms with Crippen molar-refractivity contribution < 1.29 is 18.0 Å². The normalized spacial score (nSPS) is 25.4. The zero-order chi connectivity index (χ0) is 15.9. The first-order valence-electron chi connectivity index (χ1n) is 6.89. The largest absolute Gasteiger partial charge is 0.463 e. The molecule has 2 aromatic rings. The van der Waals surface area contributed by atoms with E-state index < -0.39 is 29.3 Å². The summed E-state index contributed by atoms with van der Waals surface area (Å²) in [5.41, 5.74) is 1.02. The molecule has 3 unspecified atom stereocenters. The summed E-state index contributed by atoms with van der Waals surface area (Å²) in [5.74, 6) is -0.860. The highest BCUT2D eigenvalue weighted by Crippen LogP contribution is 2.30. The number of nitrogens with one attached hydrogen (secondary N) is 1. The van der Waals surface area contributed by atoms with E-state index in [1.165, 1.54) is 24.5 Å². The lowest BCUT2D eigenvalue weighted by Crippen LogP contribution is -2.46. The quantitative estimate of drug-likeness (QED) is 0.670. The minimum Gasteiger partial charge on any atom is -0.463 e. The third-order valence-corrected chi connectivity index (χ3v) is 4.35. The number of amides is 1. The molecule has 0 bridgehead atoms. The van der Waals surface area contributed by atoms with Gasteiger partial charge in [0.1, 0.15) is 23.8 Å². The molecule has 1 fully saturated rings. The second-order valence-electron chi connectivity index (χ2n) is 5.45. The lowest BCUT2D eigenvalue weighted by Gasteiger charge is -2.31. The molecule has 3 nitrogen and oxygen atoms in total. The van der Waals surface area contributed by atoms with Crippen LogP contribution in [0.4, 0.5) is 8.78 Å². The second kappa shape index (κ2) is 5.72. The zero-order valence-electron chi connectivity index (χ0n) is 11.6. The number of hydrogen-bond acceptors (Lipinski definition) is 2. The fourth-order valence-corrected chi connectivity index (χ4v) is 3.00. The maximum atomic E-state index is 13.7. The van der Waals surface area contributed by atoms with Crippen LogP contribution in [-0.2, 0) is 0 Å². The van der Waals surface area contributed by atoms with E-state index in [1.807, 2.05) is 0 Å². The highest BCUT2D eigenvalue weighted by molar-refractivity contribution is 6.21. The van der Waals surface area contributed by atoms with E-state index in [0.717, 1.165) is 0 Å². The first-order chi connectivity index (χ1) is 10.5. The SMILES string of the molecule is C=C1CC(Cl)C(NC(=O)c2coc3cc(F)ccc23)CC1F. The van der Waals surface area contributed by atoms with Crippen LogP contribution >= 0.6 is 11.6 Å². The van der Waals surface area contributed by atoms with Gasteiger partial charge < -0.3 is 9.73 Å². The summed E-state index contributed by atoms with van der Waals surface area (Å²) in [4.78, 5) is 12.3. The van der Waals surface area contributed by atoms with Crippen LogP contribution < -0.4 is 5.32 Å². The number of carbonyl (C=O) groups is 1. The first kappa shape index (κ1) is 15.0. The number of carbonyl (C=O) groups excluding carboxylic acids is 1. The van der Waals surface area contributed by atoms with E-state index >= 15 is 0 Å². The molecular weight excluding hydrogens is 312 g/mol. The van der Waals surface area contributed by atoms with Gasteiger partial charge in [-0.05, 0) is 24.1 Å². The van der Waals surface area contributed by atoms with Gasteiger partial charge in [0.2, 0.25) is 0 Å². The number of fused-ring (bicyclic) bond motifs is 1. The van der Waals surface area contributed by atoms with Crippen molar-refractivity contribution in [2.24, 2.45) is 0 Å². The van der Waals surface area contributed by atoms with E-state index in [9.17, 15) is 13.6 Å². The summed E-state index contributed by atoms with van der Waals surface area (Å²) in [6.45, 7) is 3.64. The molecule has 0 saturated heterocycles. The maximum absolute atomic E-state index is 13.7. The smallest absolute Gasteiger partial charge is 0.255 e. The zero-order valence-corrected chi connectivity index (χ0v) is 12.4. The van der Waals surface area contributed by atoms with E-state index in [-0.39, 0.29) is 17.6 Å². The molecule has 22 heavy (non-hydrogen) atoms. The van der Waals surface area contributed by atoms with Gasteiger partial charge in [-0.15, -0.1) is 11.6 Å². The molecule has 0 aliphatic heterocycles. The van der Waals surface area contributed by atoms with Crippen LogP contribution in [0.3, 0.4) is 0 Å². The van der Waals surface area contributed by atoms with Gasteiger partial charge in [0.15, 0.2) is 0 Å². The number of allylic oxidation sites excluding steroid dienone is 1. The van der Waals surface area contributed by atoms with Gasteiger partial charge in [0.05, 0.1) is 10.9 Å². The average Bonchev–Trinajstić information content (AvgIpc) is 2.87. The van der Waals surface area contributed by atoms with Crippen LogP contribution in [0, 0.1) is 5.82 Å². The molecule has 1 N–H and O–H groups in total. The molecule has 0 radical (unpaired) electrons. The van der Waals surface area contributed by atoms with Gasteiger partial charge in [0, 0.05) is 23.9 Å². The predicted molar refractivity (Wildman–Crippen MR) is 80.3 cm³/mol. The summed E-state index contributed by atoms with van der Waals surface area (Å²) in [7, 11) is 0. The number of benzene rings is 1. The fourth-order valence-electron chi connectivity index (χ4n) is 2.63. The van der Waals surface area contributed by atoms with Crippen LogP contribution in [0.25, 0.3) is 11.0 Å². The lowest BCUT2D eigenvalue weighted by molar-refractivity contribution is 0.0924. The van der Waals surface area contributed by atoms with E-state index in [1.54, 1.807) is 0 Å². The second-order valence-corrected chi connectivity index (χ2v) is 6.01. The number of hydrogen-bond donors (Lipinski definition) is 1. The topological polar surface area (TPSA) is 42.2 Å². The van der Waals surface area contributed by atoms with Crippen LogP contribution in [-0.4, -0.2) is 23.5 Å². The Hall–Kier alpha value is -1.88. The molecule has 1 aromatic carbocycles. The standard InChI is InChI=1S/C16H14ClF2NO2/c1-8-4-12(17)14(6-13(8)19)20-16(21)11-7-22-15-5-9(18)2-3-10(11)15/h2-3,5,7,12-14H,1,4,6H2,(H,20,21). The minimum atomic E-state index is -1.17. The van der Waals surface area contributed by atoms with Crippen molar-refractivity contribution in [3.05, 3.63) is 48.0 Å². The van der Waals surface area contributed by atoms with Gasteiger partial charge in [-0.25, -0.2) is 8.78 Å². The van der Waals surface area contributed by atoms with Crippen molar-refractivity contribution in [1.82, 2.24) is 5.32 Å². The number of halogens is 3. The lowest BCUT2D eigenvalue weighted by atomic mass is 9.89. The molecule has 1 aromatic heterocycles. The number of furan rings is 1. The van der Waals surface area contributed by atoms with Gasteiger partial charge in [0.25, 0.3) is 5.91 Å². The molecule has 1 amide bonds. The van der Waals surface area contributed by atoms with Crippen molar-refractivity contribution in [1.29, 1.82) is 0 Å². The average molecular weight is 326 g/mol. The maximum Gasteiger partial charge on any atom is 0.255 e. The van der Waals surface area contributed by atoms with Gasteiger partial charge >= 0.3 is 0 Å². The first-order valence-corrected chi connectivity index (χ1v) is 7.33. The van der Waals surface area contributed by atoms with Crippen LogP contribution in [0.2, 0.25) is 0 Å². The van der Waals surface area contributed by atoms with E-state index in [4.69, 9.17) is 16.0 Å². The Labute approximate surface area is 130 Å². The summed E-state index contributed by atoms with van der Waals surface area (Å²) in [6, 6.07) is 3.45. The molecule has 1 heterocycles. The molecule has 1 saturated carbocycles. The molecular formula is C16H14ClF2NO2. The van der Waals surface area contributed by atoms with Crippen molar-refractivity contribution in [3.8, 4) is 0 Å². The van der Waals surface area contributed by atoms with Gasteiger partial charge in [-0.1, -0.05) is 6.58 Å². The van der Waals surface area contributed by atoms with Crippen LogP contribution in [0.1, 0.15) is 23.2 Å². The Morgan fingerprint density at radius 2 is 2.23 bits per heavy atom. The van der Waals surface area contributed by atoms with Crippen LogP contribution in [0.15, 0.2) is 41.0 Å². The van der Waals surface area contributed by atoms with Crippen LogP contribution in [0.5, 0.6) is 0 Å². The van der Waals surface area contributed by atoms with E-state index in [2.05, 4.69) is 11.9 Å². The summed E-state index contributed by atoms with van der Waals surface area (Å²) >= 11 is 6.17. The van der Waals surface area contributed by atoms with Gasteiger partial charge in [-0.3, -0.25) is 4.79 Å². The summed E-state index contributed by atoms with van der Waals surface area (Å²) in [5, 5.41) is 2.82. The minimum absolute atomic E-state index is 0.100. The van der Waals surface area contributed by atoms with Crippen molar-refractivity contribution in [3.63, 3.8) is 0 Å². The molecule has 3 rings (SSSR count). The molecule has 6 heteroatoms. The third-order valence-electron chi connectivity index (χ3n) is 3.90. The number of alkyl halides is 2. The molecule has 1 aliphatic carbocycles.